The van der Waals surface area contributed by atoms with Crippen molar-refractivity contribution in [3.8, 4) is 0 Å². The van der Waals surface area contributed by atoms with Gasteiger partial charge in [0.25, 0.3) is 5.56 Å². The molecule has 0 saturated heterocycles. The molecule has 1 heterocycles. The zero-order valence-corrected chi connectivity index (χ0v) is 11.8. The first-order valence-corrected chi connectivity index (χ1v) is 6.73. The van der Waals surface area contributed by atoms with Crippen molar-refractivity contribution in [2.24, 2.45) is 0 Å². The van der Waals surface area contributed by atoms with Gasteiger partial charge in [0.1, 0.15) is 5.69 Å². The van der Waals surface area contributed by atoms with Crippen LogP contribution in [0.25, 0.3) is 0 Å². The Hall–Kier alpha value is -1.49. The van der Waals surface area contributed by atoms with Crippen LogP contribution in [0.5, 0.6) is 0 Å². The van der Waals surface area contributed by atoms with Crippen LogP contribution in [-0.4, -0.2) is 9.78 Å². The molecule has 0 aliphatic rings. The minimum Gasteiger partial charge on any atom is -0.393 e. The molecule has 5 heteroatoms. The molecule has 18 heavy (non-hydrogen) atoms. The molecule has 0 amide bonds. The molecule has 1 aromatic heterocycles. The molecule has 0 bridgehead atoms. The number of hydrogen-bond acceptors (Lipinski definition) is 2. The Kier molecular flexibility index (Phi) is 3.91. The van der Waals surface area contributed by atoms with Gasteiger partial charge in [0.05, 0.1) is 12.2 Å². The van der Waals surface area contributed by atoms with Crippen LogP contribution in [0.3, 0.4) is 0 Å². The lowest BCUT2D eigenvalue weighted by molar-refractivity contribution is 0.647. The Morgan fingerprint density at radius 1 is 1.39 bits per heavy atom. The molecule has 4 nitrogen and oxygen atoms in total. The zero-order valence-electron chi connectivity index (χ0n) is 10.2. The van der Waals surface area contributed by atoms with Crippen molar-refractivity contribution in [3.63, 3.8) is 0 Å². The van der Waals surface area contributed by atoms with Gasteiger partial charge in [0.15, 0.2) is 0 Å². The number of nitrogen functional groups attached to an aromatic ring is 1. The Morgan fingerprint density at radius 3 is 2.78 bits per heavy atom. The van der Waals surface area contributed by atoms with Crippen molar-refractivity contribution < 1.29 is 0 Å². The Labute approximate surface area is 114 Å². The number of rotatable bonds is 4. The molecular formula is C13H16BrN3O. The monoisotopic (exact) mass is 309 g/mol. The molecule has 0 saturated carbocycles. The number of benzene rings is 1. The van der Waals surface area contributed by atoms with Gasteiger partial charge >= 0.3 is 0 Å². The van der Waals surface area contributed by atoms with Gasteiger partial charge in [-0.2, -0.15) is 0 Å². The fraction of sp³-hybridized carbons (Fsp3) is 0.308. The molecule has 96 valence electrons. The summed E-state index contributed by atoms with van der Waals surface area (Å²) in [5.41, 5.74) is 7.87. The van der Waals surface area contributed by atoms with Crippen molar-refractivity contribution >= 4 is 21.6 Å². The molecule has 0 fully saturated rings. The summed E-state index contributed by atoms with van der Waals surface area (Å²) in [4.78, 5) is 12.0. The normalized spacial score (nSPS) is 10.8. The lowest BCUT2D eigenvalue weighted by atomic mass is 10.2. The van der Waals surface area contributed by atoms with Crippen LogP contribution in [0.4, 0.5) is 5.69 Å². The van der Waals surface area contributed by atoms with Crippen LogP contribution in [0.1, 0.15) is 24.6 Å². The molecule has 0 radical (unpaired) electrons. The third-order valence-electron chi connectivity index (χ3n) is 2.86. The number of anilines is 1. The lowest BCUT2D eigenvalue weighted by Crippen LogP contribution is -2.19. The number of aromatic nitrogens is 2. The molecule has 0 aliphatic carbocycles. The number of H-pyrrole nitrogens is 1. The molecule has 0 atom stereocenters. The van der Waals surface area contributed by atoms with Gasteiger partial charge in [-0.1, -0.05) is 47.5 Å². The maximum atomic E-state index is 12.0. The van der Waals surface area contributed by atoms with E-state index < -0.39 is 0 Å². The predicted molar refractivity (Wildman–Crippen MR) is 76.7 cm³/mol. The molecular weight excluding hydrogens is 294 g/mol. The van der Waals surface area contributed by atoms with E-state index in [0.717, 1.165) is 28.6 Å². The quantitative estimate of drug-likeness (QED) is 0.911. The minimum absolute atomic E-state index is 0.144. The van der Waals surface area contributed by atoms with Crippen molar-refractivity contribution in [2.75, 3.05) is 5.73 Å². The van der Waals surface area contributed by atoms with Gasteiger partial charge in [-0.3, -0.25) is 9.89 Å². The third-order valence-corrected chi connectivity index (χ3v) is 3.63. The maximum Gasteiger partial charge on any atom is 0.290 e. The summed E-state index contributed by atoms with van der Waals surface area (Å²) in [6.45, 7) is 2.55. The molecule has 2 aromatic rings. The number of aryl methyl sites for hydroxylation is 1. The van der Waals surface area contributed by atoms with Crippen LogP contribution in [0, 0.1) is 0 Å². The maximum absolute atomic E-state index is 12.0. The van der Waals surface area contributed by atoms with Gasteiger partial charge < -0.3 is 5.73 Å². The molecule has 1 aromatic carbocycles. The zero-order chi connectivity index (χ0) is 13.1. The average molecular weight is 310 g/mol. The van der Waals surface area contributed by atoms with E-state index in [-0.39, 0.29) is 5.56 Å². The van der Waals surface area contributed by atoms with Crippen molar-refractivity contribution in [3.05, 3.63) is 50.3 Å². The fourth-order valence-electron chi connectivity index (χ4n) is 1.90. The van der Waals surface area contributed by atoms with Crippen molar-refractivity contribution in [1.29, 1.82) is 0 Å². The summed E-state index contributed by atoms with van der Waals surface area (Å²) in [6.07, 6.45) is 1.75. The summed E-state index contributed by atoms with van der Waals surface area (Å²) >= 11 is 3.47. The second-order valence-electron chi connectivity index (χ2n) is 4.24. The smallest absolute Gasteiger partial charge is 0.290 e. The topological polar surface area (TPSA) is 63.8 Å². The Morgan fingerprint density at radius 2 is 2.11 bits per heavy atom. The van der Waals surface area contributed by atoms with Gasteiger partial charge in [-0.25, -0.2) is 4.68 Å². The summed E-state index contributed by atoms with van der Waals surface area (Å²) in [7, 11) is 0. The molecule has 0 unspecified atom stereocenters. The number of hydrogen-bond donors (Lipinski definition) is 2. The van der Waals surface area contributed by atoms with Crippen LogP contribution in [0.15, 0.2) is 33.5 Å². The molecule has 0 aliphatic heterocycles. The van der Waals surface area contributed by atoms with E-state index >= 15 is 0 Å². The number of halogens is 1. The largest absolute Gasteiger partial charge is 0.393 e. The first kappa shape index (κ1) is 13.0. The van der Waals surface area contributed by atoms with E-state index in [1.54, 1.807) is 4.68 Å². The van der Waals surface area contributed by atoms with E-state index in [4.69, 9.17) is 5.73 Å². The molecule has 0 spiro atoms. The molecule has 3 N–H and O–H groups in total. The van der Waals surface area contributed by atoms with Crippen LogP contribution in [-0.2, 0) is 13.0 Å². The Balaban J connectivity index is 2.33. The van der Waals surface area contributed by atoms with E-state index in [9.17, 15) is 4.79 Å². The van der Waals surface area contributed by atoms with E-state index in [1.165, 1.54) is 0 Å². The summed E-state index contributed by atoms with van der Waals surface area (Å²) in [5, 5.41) is 3.08. The van der Waals surface area contributed by atoms with Crippen molar-refractivity contribution in [2.45, 2.75) is 26.3 Å². The van der Waals surface area contributed by atoms with Crippen LogP contribution < -0.4 is 11.3 Å². The highest BCUT2D eigenvalue weighted by atomic mass is 79.9. The summed E-state index contributed by atoms with van der Waals surface area (Å²) < 4.78 is 2.54. The van der Waals surface area contributed by atoms with Gasteiger partial charge in [-0.15, -0.1) is 0 Å². The van der Waals surface area contributed by atoms with Gasteiger partial charge in [0.2, 0.25) is 0 Å². The van der Waals surface area contributed by atoms with Gasteiger partial charge in [0, 0.05) is 4.47 Å². The fourth-order valence-corrected chi connectivity index (χ4v) is 2.31. The summed E-state index contributed by atoms with van der Waals surface area (Å²) in [6, 6.07) is 7.83. The van der Waals surface area contributed by atoms with E-state index in [0.29, 0.717) is 12.2 Å². The first-order chi connectivity index (χ1) is 8.63. The Bertz CT molecular complexity index is 601. The number of nitrogens with zero attached hydrogens (tertiary/aromatic N) is 1. The number of nitrogens with one attached hydrogen (secondary N) is 1. The number of nitrogens with two attached hydrogens (primary N) is 1. The lowest BCUT2D eigenvalue weighted by Gasteiger charge is -2.04. The predicted octanol–water partition coefficient (Wildman–Crippen LogP) is 2.52. The average Bonchev–Trinajstić information content (AvgIpc) is 2.61. The van der Waals surface area contributed by atoms with E-state index in [2.05, 4.69) is 28.0 Å². The van der Waals surface area contributed by atoms with Gasteiger partial charge in [-0.05, 0) is 18.1 Å². The SMILES string of the molecule is CCCc1[nH]n(Cc2ccccc2Br)c(=O)c1N. The standard InChI is InChI=1S/C13H16BrN3O/c1-2-5-11-12(15)13(18)17(16-11)8-9-6-3-4-7-10(9)14/h3-4,6-7,16H,2,5,8,15H2,1H3. The van der Waals surface area contributed by atoms with Crippen LogP contribution in [0.2, 0.25) is 0 Å². The highest BCUT2D eigenvalue weighted by molar-refractivity contribution is 9.10. The minimum atomic E-state index is -0.144. The third kappa shape index (κ3) is 2.51. The highest BCUT2D eigenvalue weighted by Crippen LogP contribution is 2.17. The van der Waals surface area contributed by atoms with Crippen LogP contribution >= 0.6 is 15.9 Å². The number of aromatic amines is 1. The second-order valence-corrected chi connectivity index (χ2v) is 5.09. The second kappa shape index (κ2) is 5.44. The van der Waals surface area contributed by atoms with Crippen molar-refractivity contribution in [1.82, 2.24) is 9.78 Å². The summed E-state index contributed by atoms with van der Waals surface area (Å²) in [5.74, 6) is 0. The first-order valence-electron chi connectivity index (χ1n) is 5.94. The van der Waals surface area contributed by atoms with E-state index in [1.807, 2.05) is 24.3 Å². The molecule has 2 rings (SSSR count). The highest BCUT2D eigenvalue weighted by Gasteiger charge is 2.11.